The van der Waals surface area contributed by atoms with Crippen molar-refractivity contribution < 1.29 is 4.79 Å². The lowest BCUT2D eigenvalue weighted by molar-refractivity contribution is -0.134. The van der Waals surface area contributed by atoms with Gasteiger partial charge >= 0.3 is 0 Å². The van der Waals surface area contributed by atoms with E-state index < -0.39 is 0 Å². The number of pyridine rings is 1. The molecule has 138 valence electrons. The summed E-state index contributed by atoms with van der Waals surface area (Å²) in [5, 5.41) is 13.2. The molecule has 0 radical (unpaired) electrons. The monoisotopic (exact) mass is 364 g/mol. The molecule has 0 saturated carbocycles. The molecule has 4 aromatic rings. The van der Waals surface area contributed by atoms with Crippen LogP contribution in [0, 0.1) is 5.92 Å². The van der Waals surface area contributed by atoms with Crippen molar-refractivity contribution in [1.29, 1.82) is 0 Å². The van der Waals surface area contributed by atoms with Gasteiger partial charge in [0, 0.05) is 42.5 Å². The van der Waals surface area contributed by atoms with Crippen molar-refractivity contribution in [1.82, 2.24) is 39.6 Å². The number of nitrogens with zero attached hydrogens (tertiary/aromatic N) is 7. The van der Waals surface area contributed by atoms with E-state index in [1.807, 2.05) is 17.3 Å². The van der Waals surface area contributed by atoms with E-state index in [2.05, 4.69) is 55.3 Å². The fourth-order valence-electron chi connectivity index (χ4n) is 4.06. The molecule has 1 N–H and O–H groups in total. The van der Waals surface area contributed by atoms with Crippen molar-refractivity contribution in [3.05, 3.63) is 37.1 Å². The lowest BCUT2D eigenvalue weighted by Gasteiger charge is -2.38. The zero-order chi connectivity index (χ0) is 18.4. The van der Waals surface area contributed by atoms with E-state index in [0.29, 0.717) is 12.5 Å². The summed E-state index contributed by atoms with van der Waals surface area (Å²) in [5.41, 5.74) is 2.06. The summed E-state index contributed by atoms with van der Waals surface area (Å²) in [6.07, 6.45) is 8.37. The number of tetrazole rings is 1. The smallest absolute Gasteiger partial charge is 0.244 e. The minimum absolute atomic E-state index is 0.0455. The fourth-order valence-corrected chi connectivity index (χ4v) is 4.06. The van der Waals surface area contributed by atoms with E-state index in [9.17, 15) is 4.79 Å². The van der Waals surface area contributed by atoms with E-state index in [1.165, 1.54) is 16.5 Å². The number of hydrogen-bond acceptors (Lipinski definition) is 5. The summed E-state index contributed by atoms with van der Waals surface area (Å²) in [6.45, 7) is 3.88. The number of amides is 1. The van der Waals surface area contributed by atoms with Gasteiger partial charge in [-0.05, 0) is 34.9 Å². The normalized spacial score (nSPS) is 20.6. The molecule has 2 unspecified atom stereocenters. The van der Waals surface area contributed by atoms with Gasteiger partial charge < -0.3 is 14.5 Å². The van der Waals surface area contributed by atoms with E-state index in [1.54, 1.807) is 0 Å². The number of hydrogen-bond donors (Lipinski definition) is 1. The third kappa shape index (κ3) is 2.66. The molecule has 1 amide bonds. The highest BCUT2D eigenvalue weighted by molar-refractivity contribution is 6.02. The van der Waals surface area contributed by atoms with Crippen LogP contribution in [0.3, 0.4) is 0 Å². The highest BCUT2D eigenvalue weighted by Gasteiger charge is 2.31. The van der Waals surface area contributed by atoms with Crippen molar-refractivity contribution in [3.63, 3.8) is 0 Å². The Bertz CT molecular complexity index is 1100. The van der Waals surface area contributed by atoms with Crippen molar-refractivity contribution in [2.75, 3.05) is 13.1 Å². The number of aromatic amines is 1. The molecular formula is C18H20N8O. The number of carbonyl (C=O) groups excluding carboxylic acids is 1. The number of nitrogens with one attached hydrogen (secondary N) is 1. The zero-order valence-electron chi connectivity index (χ0n) is 15.0. The third-order valence-electron chi connectivity index (χ3n) is 5.58. The number of H-pyrrole nitrogens is 1. The van der Waals surface area contributed by atoms with Crippen LogP contribution in [0.2, 0.25) is 0 Å². The summed E-state index contributed by atoms with van der Waals surface area (Å²) in [7, 11) is 0. The molecule has 0 aromatic carbocycles. The highest BCUT2D eigenvalue weighted by atomic mass is 16.2. The van der Waals surface area contributed by atoms with Gasteiger partial charge in [-0.3, -0.25) is 4.79 Å². The molecular weight excluding hydrogens is 344 g/mol. The van der Waals surface area contributed by atoms with Gasteiger partial charge in [0.15, 0.2) is 0 Å². The minimum Gasteiger partial charge on any atom is -0.346 e. The highest BCUT2D eigenvalue weighted by Crippen LogP contribution is 2.33. The van der Waals surface area contributed by atoms with Crippen LogP contribution in [0.4, 0.5) is 0 Å². The maximum atomic E-state index is 12.7. The Morgan fingerprint density at radius 3 is 3.15 bits per heavy atom. The first kappa shape index (κ1) is 16.0. The van der Waals surface area contributed by atoms with Gasteiger partial charge in [0.2, 0.25) is 5.91 Å². The predicted molar refractivity (Wildman–Crippen MR) is 98.8 cm³/mol. The summed E-state index contributed by atoms with van der Waals surface area (Å²) >= 11 is 0. The molecule has 1 fully saturated rings. The molecule has 1 saturated heterocycles. The van der Waals surface area contributed by atoms with Crippen LogP contribution in [-0.4, -0.2) is 58.6 Å². The predicted octanol–water partition coefficient (Wildman–Crippen LogP) is 1.61. The van der Waals surface area contributed by atoms with Crippen LogP contribution in [0.5, 0.6) is 0 Å². The number of piperidine rings is 1. The fraction of sp³-hybridized carbons (Fsp3) is 0.389. The summed E-state index contributed by atoms with van der Waals surface area (Å²) in [4.78, 5) is 22.3. The Labute approximate surface area is 155 Å². The van der Waals surface area contributed by atoms with Gasteiger partial charge in [0.1, 0.15) is 18.5 Å². The molecule has 5 rings (SSSR count). The van der Waals surface area contributed by atoms with Crippen molar-refractivity contribution >= 4 is 27.8 Å². The minimum atomic E-state index is 0.0455. The van der Waals surface area contributed by atoms with Crippen LogP contribution < -0.4 is 0 Å². The Hall–Kier alpha value is -3.23. The molecule has 2 atom stereocenters. The largest absolute Gasteiger partial charge is 0.346 e. The molecule has 0 aliphatic carbocycles. The van der Waals surface area contributed by atoms with Crippen LogP contribution in [0.25, 0.3) is 21.9 Å². The number of fused-ring (bicyclic) bond motifs is 3. The first-order chi connectivity index (χ1) is 13.2. The Kier molecular flexibility index (Phi) is 3.66. The SMILES string of the molecule is CC1CCN(C(=O)Cn2cnnn2)CC1n1ccc2cnc3[nH]ccc3c21. The Morgan fingerprint density at radius 2 is 2.30 bits per heavy atom. The first-order valence-corrected chi connectivity index (χ1v) is 9.12. The van der Waals surface area contributed by atoms with E-state index in [-0.39, 0.29) is 18.5 Å². The van der Waals surface area contributed by atoms with Gasteiger partial charge in [-0.1, -0.05) is 6.92 Å². The second-order valence-electron chi connectivity index (χ2n) is 7.21. The molecule has 27 heavy (non-hydrogen) atoms. The second-order valence-corrected chi connectivity index (χ2v) is 7.21. The maximum Gasteiger partial charge on any atom is 0.244 e. The molecule has 0 spiro atoms. The lowest BCUT2D eigenvalue weighted by Crippen LogP contribution is -2.45. The number of rotatable bonds is 3. The summed E-state index contributed by atoms with van der Waals surface area (Å²) in [6, 6.07) is 4.38. The van der Waals surface area contributed by atoms with Gasteiger partial charge in [-0.2, -0.15) is 0 Å². The van der Waals surface area contributed by atoms with Gasteiger partial charge in [-0.15, -0.1) is 5.10 Å². The van der Waals surface area contributed by atoms with Crippen molar-refractivity contribution in [2.45, 2.75) is 25.9 Å². The van der Waals surface area contributed by atoms with Crippen LogP contribution >= 0.6 is 0 Å². The molecule has 9 heteroatoms. The molecule has 0 bridgehead atoms. The molecule has 5 heterocycles. The molecule has 1 aliphatic rings. The average Bonchev–Trinajstić information content (AvgIpc) is 3.41. The van der Waals surface area contributed by atoms with Gasteiger partial charge in [0.05, 0.1) is 11.6 Å². The van der Waals surface area contributed by atoms with Crippen molar-refractivity contribution in [3.8, 4) is 0 Å². The average molecular weight is 364 g/mol. The lowest BCUT2D eigenvalue weighted by atomic mass is 9.93. The summed E-state index contributed by atoms with van der Waals surface area (Å²) < 4.78 is 3.78. The Morgan fingerprint density at radius 1 is 1.37 bits per heavy atom. The number of aromatic nitrogens is 7. The van der Waals surface area contributed by atoms with Crippen LogP contribution in [-0.2, 0) is 11.3 Å². The van der Waals surface area contributed by atoms with Gasteiger partial charge in [-0.25, -0.2) is 9.67 Å². The third-order valence-corrected chi connectivity index (χ3v) is 5.58. The van der Waals surface area contributed by atoms with Gasteiger partial charge in [0.25, 0.3) is 0 Å². The Balaban J connectivity index is 1.47. The maximum absolute atomic E-state index is 12.7. The van der Waals surface area contributed by atoms with Crippen molar-refractivity contribution in [2.24, 2.45) is 5.92 Å². The standard InChI is InChI=1S/C18H20N8O/c1-12-3-6-24(16(27)10-25-11-21-22-23-25)9-15(12)26-7-4-13-8-20-18-14(17(13)26)2-5-19-18/h2,4-5,7-8,11-12,15H,3,6,9-10H2,1H3,(H,19,20). The quantitative estimate of drug-likeness (QED) is 0.596. The van der Waals surface area contributed by atoms with E-state index in [4.69, 9.17) is 0 Å². The number of likely N-dealkylation sites (tertiary alicyclic amines) is 1. The first-order valence-electron chi connectivity index (χ1n) is 9.12. The summed E-state index contributed by atoms with van der Waals surface area (Å²) in [5.74, 6) is 0.518. The number of carbonyl (C=O) groups is 1. The van der Waals surface area contributed by atoms with Crippen LogP contribution in [0.15, 0.2) is 37.1 Å². The van der Waals surface area contributed by atoms with E-state index in [0.717, 1.165) is 29.4 Å². The molecule has 1 aliphatic heterocycles. The topological polar surface area (TPSA) is 97.5 Å². The molecule has 9 nitrogen and oxygen atoms in total. The zero-order valence-corrected chi connectivity index (χ0v) is 15.0. The van der Waals surface area contributed by atoms with E-state index >= 15 is 0 Å². The second kappa shape index (κ2) is 6.19. The van der Waals surface area contributed by atoms with Crippen LogP contribution in [0.1, 0.15) is 19.4 Å². The molecule has 4 aromatic heterocycles.